The summed E-state index contributed by atoms with van der Waals surface area (Å²) in [4.78, 5) is 0. The fourth-order valence-corrected chi connectivity index (χ4v) is 2.53. The summed E-state index contributed by atoms with van der Waals surface area (Å²) in [5, 5.41) is 3.42. The summed E-state index contributed by atoms with van der Waals surface area (Å²) in [6.07, 6.45) is 1.94. The molecule has 108 valence electrons. The van der Waals surface area contributed by atoms with Crippen molar-refractivity contribution in [3.63, 3.8) is 0 Å². The van der Waals surface area contributed by atoms with Gasteiger partial charge in [-0.05, 0) is 50.2 Å². The minimum atomic E-state index is -0.265. The maximum atomic E-state index is 13.3. The first-order valence-electron chi connectivity index (χ1n) is 6.87. The maximum Gasteiger partial charge on any atom is 0.135 e. The topological polar surface area (TPSA) is 25.2 Å². The van der Waals surface area contributed by atoms with E-state index in [1.54, 1.807) is 6.07 Å². The average molecular weight is 340 g/mol. The van der Waals surface area contributed by atoms with Crippen LogP contribution in [0.25, 0.3) is 11.3 Å². The zero-order valence-electron chi connectivity index (χ0n) is 11.7. The highest BCUT2D eigenvalue weighted by molar-refractivity contribution is 9.10. The molecule has 20 heavy (non-hydrogen) atoms. The molecule has 0 aliphatic heterocycles. The average Bonchev–Trinajstić information content (AvgIpc) is 2.87. The van der Waals surface area contributed by atoms with Gasteiger partial charge in [0, 0.05) is 22.5 Å². The molecule has 2 rings (SSSR count). The Morgan fingerprint density at radius 1 is 1.30 bits per heavy atom. The zero-order chi connectivity index (χ0) is 14.5. The molecule has 1 aromatic carbocycles. The summed E-state index contributed by atoms with van der Waals surface area (Å²) in [7, 11) is 0. The molecule has 1 unspecified atom stereocenters. The van der Waals surface area contributed by atoms with Gasteiger partial charge in [-0.1, -0.05) is 22.9 Å². The molecule has 0 amide bonds. The number of halogens is 2. The number of hydrogen-bond acceptors (Lipinski definition) is 2. The zero-order valence-corrected chi connectivity index (χ0v) is 13.3. The van der Waals surface area contributed by atoms with Crippen LogP contribution in [-0.4, -0.2) is 12.6 Å². The number of benzene rings is 1. The molecule has 0 bridgehead atoms. The number of hydrogen-bond donors (Lipinski definition) is 1. The van der Waals surface area contributed by atoms with Gasteiger partial charge in [0.1, 0.15) is 17.3 Å². The highest BCUT2D eigenvalue weighted by Gasteiger charge is 2.11. The Labute approximate surface area is 127 Å². The lowest BCUT2D eigenvalue weighted by Gasteiger charge is -2.11. The third-order valence-electron chi connectivity index (χ3n) is 3.11. The molecule has 0 fully saturated rings. The molecule has 1 aromatic heterocycles. The number of rotatable bonds is 6. The lowest BCUT2D eigenvalue weighted by Crippen LogP contribution is -2.28. The lowest BCUT2D eigenvalue weighted by molar-refractivity contribution is 0.464. The van der Waals surface area contributed by atoms with E-state index in [1.165, 1.54) is 12.1 Å². The van der Waals surface area contributed by atoms with Crippen LogP contribution in [0.4, 0.5) is 4.39 Å². The molecule has 0 aliphatic carbocycles. The number of nitrogens with one attached hydrogen (secondary N) is 1. The Balaban J connectivity index is 2.10. The first kappa shape index (κ1) is 15.3. The van der Waals surface area contributed by atoms with Crippen LogP contribution in [0, 0.1) is 5.82 Å². The first-order chi connectivity index (χ1) is 9.60. The van der Waals surface area contributed by atoms with Crippen molar-refractivity contribution in [2.24, 2.45) is 0 Å². The molecule has 0 saturated carbocycles. The predicted octanol–water partition coefficient (Wildman–Crippen LogP) is 4.78. The van der Waals surface area contributed by atoms with E-state index in [4.69, 9.17) is 4.42 Å². The van der Waals surface area contributed by atoms with Gasteiger partial charge >= 0.3 is 0 Å². The molecule has 0 aliphatic rings. The van der Waals surface area contributed by atoms with Crippen LogP contribution < -0.4 is 5.32 Å². The first-order valence-corrected chi connectivity index (χ1v) is 7.67. The summed E-state index contributed by atoms with van der Waals surface area (Å²) in [6, 6.07) is 8.81. The van der Waals surface area contributed by atoms with E-state index >= 15 is 0 Å². The molecular formula is C16H19BrFNO. The molecule has 0 spiro atoms. The summed E-state index contributed by atoms with van der Waals surface area (Å²) >= 11 is 3.42. The van der Waals surface area contributed by atoms with Gasteiger partial charge in [0.2, 0.25) is 0 Å². The molecule has 1 atom stereocenters. The molecule has 1 heterocycles. The van der Waals surface area contributed by atoms with Crippen LogP contribution in [0.3, 0.4) is 0 Å². The van der Waals surface area contributed by atoms with Crippen molar-refractivity contribution in [1.82, 2.24) is 5.32 Å². The van der Waals surface area contributed by atoms with Crippen LogP contribution in [-0.2, 0) is 6.42 Å². The van der Waals surface area contributed by atoms with E-state index in [2.05, 4.69) is 35.1 Å². The summed E-state index contributed by atoms with van der Waals surface area (Å²) in [6.45, 7) is 5.28. The van der Waals surface area contributed by atoms with E-state index in [0.29, 0.717) is 11.8 Å². The molecular weight excluding hydrogens is 321 g/mol. The Bertz CT molecular complexity index is 567. The standard InChI is InChI=1S/C16H19BrFNO/c1-3-8-19-11(2)9-13-5-7-16(20-13)14-10-12(18)4-6-15(14)17/h4-7,10-11,19H,3,8-9H2,1-2H3. The Morgan fingerprint density at radius 3 is 2.85 bits per heavy atom. The van der Waals surface area contributed by atoms with Gasteiger partial charge in [0.05, 0.1) is 0 Å². The van der Waals surface area contributed by atoms with Crippen LogP contribution >= 0.6 is 15.9 Å². The molecule has 0 radical (unpaired) electrons. The fraction of sp³-hybridized carbons (Fsp3) is 0.375. The van der Waals surface area contributed by atoms with Crippen LogP contribution in [0.5, 0.6) is 0 Å². The van der Waals surface area contributed by atoms with Crippen LogP contribution in [0.1, 0.15) is 26.0 Å². The minimum Gasteiger partial charge on any atom is -0.461 e. The molecule has 2 aromatic rings. The fourth-order valence-electron chi connectivity index (χ4n) is 2.08. The SMILES string of the molecule is CCCNC(C)Cc1ccc(-c2cc(F)ccc2Br)o1. The third kappa shape index (κ3) is 3.93. The van der Waals surface area contributed by atoms with Crippen molar-refractivity contribution >= 4 is 15.9 Å². The minimum absolute atomic E-state index is 0.265. The van der Waals surface area contributed by atoms with Gasteiger partial charge in [-0.25, -0.2) is 4.39 Å². The second kappa shape index (κ2) is 7.04. The van der Waals surface area contributed by atoms with Crippen molar-refractivity contribution < 1.29 is 8.81 Å². The van der Waals surface area contributed by atoms with Gasteiger partial charge in [0.15, 0.2) is 0 Å². The van der Waals surface area contributed by atoms with Crippen molar-refractivity contribution in [3.8, 4) is 11.3 Å². The van der Waals surface area contributed by atoms with Crippen molar-refractivity contribution in [2.75, 3.05) is 6.54 Å². The van der Waals surface area contributed by atoms with Crippen LogP contribution in [0.2, 0.25) is 0 Å². The lowest BCUT2D eigenvalue weighted by atomic mass is 10.1. The van der Waals surface area contributed by atoms with Crippen molar-refractivity contribution in [2.45, 2.75) is 32.7 Å². The quantitative estimate of drug-likeness (QED) is 0.819. The van der Waals surface area contributed by atoms with E-state index in [9.17, 15) is 4.39 Å². The highest BCUT2D eigenvalue weighted by Crippen LogP contribution is 2.30. The highest BCUT2D eigenvalue weighted by atomic mass is 79.9. The summed E-state index contributed by atoms with van der Waals surface area (Å²) in [5.74, 6) is 1.33. The van der Waals surface area contributed by atoms with E-state index in [-0.39, 0.29) is 5.82 Å². The Hall–Kier alpha value is -1.13. The van der Waals surface area contributed by atoms with Gasteiger partial charge in [-0.15, -0.1) is 0 Å². The van der Waals surface area contributed by atoms with Gasteiger partial charge < -0.3 is 9.73 Å². The summed E-state index contributed by atoms with van der Waals surface area (Å²) < 4.78 is 20.0. The van der Waals surface area contributed by atoms with Crippen molar-refractivity contribution in [3.05, 3.63) is 46.4 Å². The van der Waals surface area contributed by atoms with E-state index < -0.39 is 0 Å². The summed E-state index contributed by atoms with van der Waals surface area (Å²) in [5.41, 5.74) is 0.741. The predicted molar refractivity (Wildman–Crippen MR) is 83.3 cm³/mol. The second-order valence-electron chi connectivity index (χ2n) is 4.95. The maximum absolute atomic E-state index is 13.3. The van der Waals surface area contributed by atoms with Gasteiger partial charge in [-0.3, -0.25) is 0 Å². The molecule has 0 saturated heterocycles. The van der Waals surface area contributed by atoms with Crippen LogP contribution in [0.15, 0.2) is 39.2 Å². The van der Waals surface area contributed by atoms with Gasteiger partial charge in [0.25, 0.3) is 0 Å². The molecule has 1 N–H and O–H groups in total. The van der Waals surface area contributed by atoms with E-state index in [0.717, 1.165) is 35.2 Å². The molecule has 4 heteroatoms. The molecule has 2 nitrogen and oxygen atoms in total. The monoisotopic (exact) mass is 339 g/mol. The van der Waals surface area contributed by atoms with Crippen molar-refractivity contribution in [1.29, 1.82) is 0 Å². The number of furan rings is 1. The van der Waals surface area contributed by atoms with Gasteiger partial charge in [-0.2, -0.15) is 0 Å². The second-order valence-corrected chi connectivity index (χ2v) is 5.80. The largest absolute Gasteiger partial charge is 0.461 e. The van der Waals surface area contributed by atoms with E-state index in [1.807, 2.05) is 12.1 Å². The Morgan fingerprint density at radius 2 is 2.10 bits per heavy atom. The normalized spacial score (nSPS) is 12.6. The Kier molecular flexibility index (Phi) is 5.38. The third-order valence-corrected chi connectivity index (χ3v) is 3.80. The smallest absolute Gasteiger partial charge is 0.135 e.